The second kappa shape index (κ2) is 7.19. The fourth-order valence-electron chi connectivity index (χ4n) is 1.88. The van der Waals surface area contributed by atoms with E-state index in [2.05, 4.69) is 15.6 Å². The molecule has 21 heavy (non-hydrogen) atoms. The van der Waals surface area contributed by atoms with Crippen LogP contribution in [0, 0.1) is 13.8 Å². The van der Waals surface area contributed by atoms with Gasteiger partial charge in [-0.05, 0) is 31.6 Å². The third kappa shape index (κ3) is 4.72. The van der Waals surface area contributed by atoms with E-state index in [-0.39, 0.29) is 12.5 Å². The number of amides is 1. The molecule has 108 valence electrons. The van der Waals surface area contributed by atoms with Crippen LogP contribution in [0.4, 0.5) is 0 Å². The van der Waals surface area contributed by atoms with Gasteiger partial charge in [0.25, 0.3) is 5.91 Å². The van der Waals surface area contributed by atoms with Crippen molar-refractivity contribution < 1.29 is 4.79 Å². The number of nitrogens with zero attached hydrogens (tertiary/aromatic N) is 3. The Morgan fingerprint density at radius 1 is 1.33 bits per heavy atom. The van der Waals surface area contributed by atoms with Crippen molar-refractivity contribution in [3.8, 4) is 0 Å². The molecule has 0 aliphatic rings. The first-order chi connectivity index (χ1) is 10.1. The van der Waals surface area contributed by atoms with Crippen molar-refractivity contribution in [2.24, 2.45) is 5.10 Å². The van der Waals surface area contributed by atoms with Crippen LogP contribution in [0.2, 0.25) is 0 Å². The third-order valence-corrected chi connectivity index (χ3v) is 2.83. The molecule has 0 atom stereocenters. The van der Waals surface area contributed by atoms with Gasteiger partial charge in [-0.2, -0.15) is 10.2 Å². The number of hydrazone groups is 1. The number of hydrogen-bond acceptors (Lipinski definition) is 3. The molecule has 0 spiro atoms. The maximum Gasteiger partial charge on any atom is 0.261 e. The minimum Gasteiger partial charge on any atom is -0.271 e. The first-order valence-corrected chi connectivity index (χ1v) is 6.70. The zero-order valence-corrected chi connectivity index (χ0v) is 12.2. The van der Waals surface area contributed by atoms with E-state index in [9.17, 15) is 4.79 Å². The van der Waals surface area contributed by atoms with Crippen LogP contribution >= 0.6 is 0 Å². The standard InChI is InChI=1S/C16H18N4O/c1-13-11-14(2)20(19-13)12-16(21)18-17-10-6-9-15-7-4-3-5-8-15/h3-11H,12H2,1-2H3,(H,18,21). The monoisotopic (exact) mass is 282 g/mol. The molecule has 5 heteroatoms. The topological polar surface area (TPSA) is 59.3 Å². The lowest BCUT2D eigenvalue weighted by molar-refractivity contribution is -0.121. The molecule has 1 aromatic heterocycles. The third-order valence-electron chi connectivity index (χ3n) is 2.83. The second-order valence-corrected chi connectivity index (χ2v) is 4.67. The number of aromatic nitrogens is 2. The quantitative estimate of drug-likeness (QED) is 0.676. The molecule has 1 heterocycles. The Morgan fingerprint density at radius 3 is 2.76 bits per heavy atom. The predicted molar refractivity (Wildman–Crippen MR) is 83.8 cm³/mol. The van der Waals surface area contributed by atoms with Crippen molar-refractivity contribution in [3.05, 3.63) is 59.4 Å². The lowest BCUT2D eigenvalue weighted by Gasteiger charge is -2.02. The normalized spacial score (nSPS) is 11.3. The Kier molecular flexibility index (Phi) is 5.04. The summed E-state index contributed by atoms with van der Waals surface area (Å²) in [5.74, 6) is -0.203. The van der Waals surface area contributed by atoms with Crippen molar-refractivity contribution >= 4 is 18.2 Å². The highest BCUT2D eigenvalue weighted by molar-refractivity contribution is 5.81. The summed E-state index contributed by atoms with van der Waals surface area (Å²) in [5, 5.41) is 8.09. The van der Waals surface area contributed by atoms with Crippen LogP contribution in [0.1, 0.15) is 17.0 Å². The number of hydrogen-bond donors (Lipinski definition) is 1. The average Bonchev–Trinajstić information content (AvgIpc) is 2.77. The maximum absolute atomic E-state index is 11.7. The first kappa shape index (κ1) is 14.7. The number of allylic oxidation sites excluding steroid dienone is 1. The molecule has 1 aromatic carbocycles. The predicted octanol–water partition coefficient (Wildman–Crippen LogP) is 2.32. The van der Waals surface area contributed by atoms with E-state index in [4.69, 9.17) is 0 Å². The number of benzene rings is 1. The maximum atomic E-state index is 11.7. The Hall–Kier alpha value is -2.69. The van der Waals surface area contributed by atoms with E-state index in [1.54, 1.807) is 17.0 Å². The van der Waals surface area contributed by atoms with Gasteiger partial charge < -0.3 is 0 Å². The molecule has 1 amide bonds. The minimum atomic E-state index is -0.203. The van der Waals surface area contributed by atoms with E-state index < -0.39 is 0 Å². The molecule has 5 nitrogen and oxygen atoms in total. The number of nitrogens with one attached hydrogen (secondary N) is 1. The fraction of sp³-hybridized carbons (Fsp3) is 0.188. The minimum absolute atomic E-state index is 0.166. The summed E-state index contributed by atoms with van der Waals surface area (Å²) in [6, 6.07) is 11.8. The van der Waals surface area contributed by atoms with E-state index in [0.29, 0.717) is 0 Å². The molecule has 0 aliphatic heterocycles. The van der Waals surface area contributed by atoms with E-state index in [0.717, 1.165) is 17.0 Å². The lowest BCUT2D eigenvalue weighted by atomic mass is 10.2. The van der Waals surface area contributed by atoms with Gasteiger partial charge in [0.2, 0.25) is 0 Å². The Morgan fingerprint density at radius 2 is 2.10 bits per heavy atom. The summed E-state index contributed by atoms with van der Waals surface area (Å²) in [6.45, 7) is 3.98. The highest BCUT2D eigenvalue weighted by atomic mass is 16.2. The van der Waals surface area contributed by atoms with Gasteiger partial charge >= 0.3 is 0 Å². The SMILES string of the molecule is Cc1cc(C)n(CC(=O)NN=CC=Cc2ccccc2)n1. The molecular weight excluding hydrogens is 264 g/mol. The molecule has 0 aliphatic carbocycles. The van der Waals surface area contributed by atoms with Crippen molar-refractivity contribution in [1.82, 2.24) is 15.2 Å². The molecule has 0 unspecified atom stereocenters. The number of rotatable bonds is 5. The largest absolute Gasteiger partial charge is 0.271 e. The summed E-state index contributed by atoms with van der Waals surface area (Å²) in [7, 11) is 0. The average molecular weight is 282 g/mol. The van der Waals surface area contributed by atoms with Crippen molar-refractivity contribution in [2.45, 2.75) is 20.4 Å². The highest BCUT2D eigenvalue weighted by Gasteiger charge is 2.05. The Bertz CT molecular complexity index is 656. The smallest absolute Gasteiger partial charge is 0.261 e. The molecule has 0 fully saturated rings. The fourth-order valence-corrected chi connectivity index (χ4v) is 1.88. The highest BCUT2D eigenvalue weighted by Crippen LogP contribution is 2.01. The van der Waals surface area contributed by atoms with E-state index in [1.807, 2.05) is 56.3 Å². The number of aryl methyl sites for hydroxylation is 2. The summed E-state index contributed by atoms with van der Waals surface area (Å²) in [5.41, 5.74) is 5.41. The van der Waals surface area contributed by atoms with Gasteiger partial charge in [0, 0.05) is 11.9 Å². The molecule has 1 N–H and O–H groups in total. The zero-order valence-electron chi connectivity index (χ0n) is 12.2. The zero-order chi connectivity index (χ0) is 15.1. The summed E-state index contributed by atoms with van der Waals surface area (Å²) in [4.78, 5) is 11.7. The summed E-state index contributed by atoms with van der Waals surface area (Å²) < 4.78 is 1.65. The Balaban J connectivity index is 1.80. The molecule has 0 bridgehead atoms. The molecule has 2 rings (SSSR count). The Labute approximate surface area is 124 Å². The van der Waals surface area contributed by atoms with Gasteiger partial charge in [-0.25, -0.2) is 5.43 Å². The molecule has 2 aromatic rings. The van der Waals surface area contributed by atoms with Crippen LogP contribution in [-0.4, -0.2) is 21.9 Å². The lowest BCUT2D eigenvalue weighted by Crippen LogP contribution is -2.24. The summed E-state index contributed by atoms with van der Waals surface area (Å²) >= 11 is 0. The van der Waals surface area contributed by atoms with Gasteiger partial charge in [0.05, 0.1) is 5.69 Å². The van der Waals surface area contributed by atoms with Gasteiger partial charge in [-0.15, -0.1) is 0 Å². The van der Waals surface area contributed by atoms with Crippen LogP contribution in [0.15, 0.2) is 47.6 Å². The van der Waals surface area contributed by atoms with Crippen molar-refractivity contribution in [3.63, 3.8) is 0 Å². The van der Waals surface area contributed by atoms with Crippen LogP contribution in [0.3, 0.4) is 0 Å². The van der Waals surface area contributed by atoms with Crippen LogP contribution in [0.25, 0.3) is 6.08 Å². The van der Waals surface area contributed by atoms with Crippen molar-refractivity contribution in [1.29, 1.82) is 0 Å². The number of carbonyl (C=O) groups excluding carboxylic acids is 1. The second-order valence-electron chi connectivity index (χ2n) is 4.67. The van der Waals surface area contributed by atoms with Gasteiger partial charge in [-0.1, -0.05) is 36.4 Å². The van der Waals surface area contributed by atoms with E-state index in [1.165, 1.54) is 0 Å². The van der Waals surface area contributed by atoms with Crippen LogP contribution in [-0.2, 0) is 11.3 Å². The molecule has 0 saturated heterocycles. The van der Waals surface area contributed by atoms with E-state index >= 15 is 0 Å². The molecule has 0 radical (unpaired) electrons. The van der Waals surface area contributed by atoms with Crippen molar-refractivity contribution in [2.75, 3.05) is 0 Å². The van der Waals surface area contributed by atoms with Gasteiger partial charge in [0.1, 0.15) is 6.54 Å². The molecule has 0 saturated carbocycles. The number of carbonyl (C=O) groups is 1. The van der Waals surface area contributed by atoms with Gasteiger partial charge in [-0.3, -0.25) is 9.48 Å². The van der Waals surface area contributed by atoms with Crippen LogP contribution in [0.5, 0.6) is 0 Å². The summed E-state index contributed by atoms with van der Waals surface area (Å²) in [6.07, 6.45) is 5.24. The molecular formula is C16H18N4O. The first-order valence-electron chi connectivity index (χ1n) is 6.70. The van der Waals surface area contributed by atoms with Gasteiger partial charge in [0.15, 0.2) is 0 Å². The van der Waals surface area contributed by atoms with Crippen LogP contribution < -0.4 is 5.43 Å².